The maximum Gasteiger partial charge on any atom is 0.325 e. The van der Waals surface area contributed by atoms with Crippen molar-refractivity contribution in [2.75, 3.05) is 6.54 Å². The molecule has 0 aliphatic rings. The highest BCUT2D eigenvalue weighted by atomic mass is 16.4. The van der Waals surface area contributed by atoms with Gasteiger partial charge in [-0.3, -0.25) is 4.79 Å². The fraction of sp³-hybridized carbons (Fsp3) is 0.500. The number of carboxylic acid groups (broad SMARTS) is 1. The van der Waals surface area contributed by atoms with Gasteiger partial charge in [-0.15, -0.1) is 6.58 Å². The van der Waals surface area contributed by atoms with Gasteiger partial charge in [0.1, 0.15) is 6.04 Å². The summed E-state index contributed by atoms with van der Waals surface area (Å²) in [5.74, 6) is -1.06. The third-order valence-electron chi connectivity index (χ3n) is 1.35. The van der Waals surface area contributed by atoms with Crippen molar-refractivity contribution >= 4 is 12.0 Å². The summed E-state index contributed by atoms with van der Waals surface area (Å²) in [6.07, 6.45) is 2.33. The Morgan fingerprint density at radius 1 is 1.62 bits per heavy atom. The first-order chi connectivity index (χ1) is 6.07. The van der Waals surface area contributed by atoms with Crippen molar-refractivity contribution in [3.63, 3.8) is 0 Å². The van der Waals surface area contributed by atoms with Crippen LogP contribution in [-0.2, 0) is 4.79 Å². The number of rotatable bonds is 5. The molecule has 0 spiro atoms. The number of aliphatic carboxylic acids is 1. The minimum Gasteiger partial charge on any atom is -0.480 e. The quantitative estimate of drug-likeness (QED) is 0.428. The van der Waals surface area contributed by atoms with E-state index in [4.69, 9.17) is 5.11 Å². The van der Waals surface area contributed by atoms with Crippen molar-refractivity contribution in [2.45, 2.75) is 19.4 Å². The van der Waals surface area contributed by atoms with Crippen molar-refractivity contribution in [1.29, 1.82) is 0 Å². The SMILES string of the molecule is C=CCCNC(=O)N[C@@H](C)C(=O)O. The van der Waals surface area contributed by atoms with E-state index in [0.717, 1.165) is 0 Å². The highest BCUT2D eigenvalue weighted by molar-refractivity contribution is 5.82. The van der Waals surface area contributed by atoms with Gasteiger partial charge < -0.3 is 15.7 Å². The normalized spacial score (nSPS) is 11.5. The Balaban J connectivity index is 3.61. The first-order valence-electron chi connectivity index (χ1n) is 3.96. The van der Waals surface area contributed by atoms with E-state index in [0.29, 0.717) is 13.0 Å². The molecular weight excluding hydrogens is 172 g/mol. The monoisotopic (exact) mass is 186 g/mol. The average Bonchev–Trinajstić information content (AvgIpc) is 2.04. The third-order valence-corrected chi connectivity index (χ3v) is 1.35. The predicted molar refractivity (Wildman–Crippen MR) is 48.4 cm³/mol. The van der Waals surface area contributed by atoms with Crippen LogP contribution in [0.4, 0.5) is 4.79 Å². The molecule has 0 unspecified atom stereocenters. The second-order valence-electron chi connectivity index (χ2n) is 2.54. The summed E-state index contributed by atoms with van der Waals surface area (Å²) >= 11 is 0. The summed E-state index contributed by atoms with van der Waals surface area (Å²) in [5, 5.41) is 13.2. The van der Waals surface area contributed by atoms with Gasteiger partial charge >= 0.3 is 12.0 Å². The molecule has 2 amide bonds. The van der Waals surface area contributed by atoms with E-state index in [-0.39, 0.29) is 0 Å². The van der Waals surface area contributed by atoms with Crippen LogP contribution >= 0.6 is 0 Å². The Morgan fingerprint density at radius 2 is 2.23 bits per heavy atom. The maximum absolute atomic E-state index is 10.9. The largest absolute Gasteiger partial charge is 0.480 e. The zero-order valence-electron chi connectivity index (χ0n) is 7.54. The van der Waals surface area contributed by atoms with E-state index in [2.05, 4.69) is 17.2 Å². The summed E-state index contributed by atoms with van der Waals surface area (Å²) in [7, 11) is 0. The van der Waals surface area contributed by atoms with Gasteiger partial charge in [0.05, 0.1) is 0 Å². The molecule has 0 radical (unpaired) electrons. The third kappa shape index (κ3) is 5.72. The second kappa shape index (κ2) is 6.05. The van der Waals surface area contributed by atoms with E-state index >= 15 is 0 Å². The lowest BCUT2D eigenvalue weighted by molar-refractivity contribution is -0.138. The van der Waals surface area contributed by atoms with Crippen LogP contribution in [0.15, 0.2) is 12.7 Å². The first kappa shape index (κ1) is 11.5. The smallest absolute Gasteiger partial charge is 0.325 e. The zero-order chi connectivity index (χ0) is 10.3. The number of hydrogen-bond acceptors (Lipinski definition) is 2. The lowest BCUT2D eigenvalue weighted by atomic mass is 10.3. The minimum absolute atomic E-state index is 0.460. The Labute approximate surface area is 76.8 Å². The molecule has 0 aromatic carbocycles. The van der Waals surface area contributed by atoms with E-state index in [1.54, 1.807) is 6.08 Å². The number of urea groups is 1. The molecule has 0 rings (SSSR count). The Kier molecular flexibility index (Phi) is 5.34. The highest BCUT2D eigenvalue weighted by Crippen LogP contribution is 1.81. The van der Waals surface area contributed by atoms with Crippen molar-refractivity contribution in [2.24, 2.45) is 0 Å². The zero-order valence-corrected chi connectivity index (χ0v) is 7.54. The molecule has 0 aromatic rings. The molecule has 0 fully saturated rings. The van der Waals surface area contributed by atoms with E-state index in [1.807, 2.05) is 0 Å². The van der Waals surface area contributed by atoms with Crippen LogP contribution in [-0.4, -0.2) is 29.7 Å². The first-order valence-corrected chi connectivity index (χ1v) is 3.96. The van der Waals surface area contributed by atoms with Gasteiger partial charge in [-0.25, -0.2) is 4.79 Å². The van der Waals surface area contributed by atoms with Crippen LogP contribution < -0.4 is 10.6 Å². The number of carbonyl (C=O) groups is 2. The highest BCUT2D eigenvalue weighted by Gasteiger charge is 2.12. The molecule has 0 aliphatic heterocycles. The van der Waals surface area contributed by atoms with Gasteiger partial charge in [0.2, 0.25) is 0 Å². The molecule has 74 valence electrons. The molecule has 0 aliphatic carbocycles. The molecule has 1 atom stereocenters. The molecule has 5 nitrogen and oxygen atoms in total. The Morgan fingerprint density at radius 3 is 2.69 bits per heavy atom. The standard InChI is InChI=1S/C8H14N2O3/c1-3-4-5-9-8(13)10-6(2)7(11)12/h3,6H,1,4-5H2,2H3,(H,11,12)(H2,9,10,13)/t6-/m0/s1. The van der Waals surface area contributed by atoms with Gasteiger partial charge in [0.15, 0.2) is 0 Å². The molecule has 0 heterocycles. The fourth-order valence-electron chi connectivity index (χ4n) is 0.597. The van der Waals surface area contributed by atoms with Gasteiger partial charge in [0.25, 0.3) is 0 Å². The van der Waals surface area contributed by atoms with Crippen molar-refractivity contribution in [1.82, 2.24) is 10.6 Å². The summed E-state index contributed by atoms with van der Waals surface area (Å²) in [6.45, 7) is 5.34. The second-order valence-corrected chi connectivity index (χ2v) is 2.54. The number of hydrogen-bond donors (Lipinski definition) is 3. The van der Waals surface area contributed by atoms with Gasteiger partial charge in [-0.05, 0) is 13.3 Å². The summed E-state index contributed by atoms with van der Waals surface area (Å²) < 4.78 is 0. The molecular formula is C8H14N2O3. The van der Waals surface area contributed by atoms with Gasteiger partial charge in [-0.1, -0.05) is 6.08 Å². The van der Waals surface area contributed by atoms with Crippen LogP contribution in [0.2, 0.25) is 0 Å². The fourth-order valence-corrected chi connectivity index (χ4v) is 0.597. The van der Waals surface area contributed by atoms with Crippen LogP contribution in [0, 0.1) is 0 Å². The molecule has 0 saturated heterocycles. The summed E-state index contributed by atoms with van der Waals surface area (Å²) in [4.78, 5) is 21.2. The van der Waals surface area contributed by atoms with Crippen molar-refractivity contribution < 1.29 is 14.7 Å². The van der Waals surface area contributed by atoms with Crippen molar-refractivity contribution in [3.05, 3.63) is 12.7 Å². The van der Waals surface area contributed by atoms with E-state index < -0.39 is 18.0 Å². The minimum atomic E-state index is -1.06. The topological polar surface area (TPSA) is 78.4 Å². The molecule has 0 bridgehead atoms. The number of carbonyl (C=O) groups excluding carboxylic acids is 1. The number of carboxylic acids is 1. The van der Waals surface area contributed by atoms with Crippen LogP contribution in [0.5, 0.6) is 0 Å². The Bertz CT molecular complexity index is 204. The lowest BCUT2D eigenvalue weighted by Crippen LogP contribution is -2.44. The van der Waals surface area contributed by atoms with Crippen LogP contribution in [0.1, 0.15) is 13.3 Å². The molecule has 0 aromatic heterocycles. The van der Waals surface area contributed by atoms with Gasteiger partial charge in [0, 0.05) is 6.54 Å². The van der Waals surface area contributed by atoms with E-state index in [9.17, 15) is 9.59 Å². The summed E-state index contributed by atoms with van der Waals surface area (Å²) in [5.41, 5.74) is 0. The average molecular weight is 186 g/mol. The van der Waals surface area contributed by atoms with Crippen molar-refractivity contribution in [3.8, 4) is 0 Å². The number of amides is 2. The predicted octanol–water partition coefficient (Wildman–Crippen LogP) is 0.335. The maximum atomic E-state index is 10.9. The lowest BCUT2D eigenvalue weighted by Gasteiger charge is -2.09. The summed E-state index contributed by atoms with van der Waals surface area (Å²) in [6, 6.07) is -1.35. The Hall–Kier alpha value is -1.52. The molecule has 5 heteroatoms. The molecule has 13 heavy (non-hydrogen) atoms. The van der Waals surface area contributed by atoms with E-state index in [1.165, 1.54) is 6.92 Å². The van der Waals surface area contributed by atoms with Gasteiger partial charge in [-0.2, -0.15) is 0 Å². The van der Waals surface area contributed by atoms with Crippen LogP contribution in [0.3, 0.4) is 0 Å². The number of nitrogens with one attached hydrogen (secondary N) is 2. The van der Waals surface area contributed by atoms with Crippen LogP contribution in [0.25, 0.3) is 0 Å². The molecule has 0 saturated carbocycles. The molecule has 3 N–H and O–H groups in total.